The van der Waals surface area contributed by atoms with Crippen LogP contribution in [-0.2, 0) is 30.1 Å². The van der Waals surface area contributed by atoms with E-state index < -0.39 is 36.0 Å². The Hall–Kier alpha value is -2.46. The molecule has 1 aromatic carbocycles. The summed E-state index contributed by atoms with van der Waals surface area (Å²) in [6.45, 7) is 13.2. The summed E-state index contributed by atoms with van der Waals surface area (Å²) >= 11 is 0. The number of Topliss-reactive ketones (excluding diaryl/α,β-unsaturated/α-hetero) is 1. The van der Waals surface area contributed by atoms with Gasteiger partial charge in [-0.15, -0.1) is 0 Å². The van der Waals surface area contributed by atoms with Crippen molar-refractivity contribution in [2.24, 2.45) is 17.3 Å². The normalized spacial score (nSPS) is 27.7. The SMILES string of the molecule is COc1c(CC(NC(=O)CCC(C)=O)B2OC3CC4CC(C4(C)C)C3(C)O2)ccc(F)c1C(=O)OC(C)(C)C. The Balaban J connectivity index is 1.64. The third kappa shape index (κ3) is 5.73. The quantitative estimate of drug-likeness (QED) is 0.362. The highest BCUT2D eigenvalue weighted by Gasteiger charge is 2.68. The number of halogens is 1. The number of esters is 1. The van der Waals surface area contributed by atoms with E-state index in [2.05, 4.69) is 26.1 Å². The van der Waals surface area contributed by atoms with Gasteiger partial charge in [0.25, 0.3) is 0 Å². The number of rotatable bonds is 9. The summed E-state index contributed by atoms with van der Waals surface area (Å²) in [5, 5.41) is 2.99. The molecule has 8 nitrogen and oxygen atoms in total. The standard InChI is InChI=1S/C29H41BFNO7/c1-16(33)9-12-23(34)32-22(30-38-21-15-18-14-20(28(18,5)6)29(21,7)39-30)13-17-10-11-19(31)24(25(17)36-8)26(35)37-27(2,3)4/h10-11,18,20-22H,9,12-15H2,1-8H3,(H,32,34). The van der Waals surface area contributed by atoms with E-state index in [4.69, 9.17) is 18.8 Å². The lowest BCUT2D eigenvalue weighted by molar-refractivity contribution is -0.199. The summed E-state index contributed by atoms with van der Waals surface area (Å²) in [4.78, 5) is 37.3. The van der Waals surface area contributed by atoms with Gasteiger partial charge in [0, 0.05) is 12.8 Å². The summed E-state index contributed by atoms with van der Waals surface area (Å²) in [6, 6.07) is 2.72. The monoisotopic (exact) mass is 545 g/mol. The van der Waals surface area contributed by atoms with Gasteiger partial charge in [-0.25, -0.2) is 9.18 Å². The van der Waals surface area contributed by atoms with Crippen LogP contribution in [0, 0.1) is 23.1 Å². The highest BCUT2D eigenvalue weighted by atomic mass is 19.1. The first-order valence-electron chi connectivity index (χ1n) is 13.8. The molecule has 1 aliphatic heterocycles. The minimum absolute atomic E-state index is 0.0285. The molecule has 0 aromatic heterocycles. The Morgan fingerprint density at radius 2 is 1.87 bits per heavy atom. The summed E-state index contributed by atoms with van der Waals surface area (Å²) in [5.74, 6) is -1.75. The second kappa shape index (κ2) is 10.5. The van der Waals surface area contributed by atoms with Gasteiger partial charge in [-0.2, -0.15) is 0 Å². The fourth-order valence-electron chi connectivity index (χ4n) is 6.61. The molecule has 4 fully saturated rings. The maximum absolute atomic E-state index is 14.9. The van der Waals surface area contributed by atoms with Crippen molar-refractivity contribution in [3.05, 3.63) is 29.1 Å². The van der Waals surface area contributed by atoms with Crippen molar-refractivity contribution < 1.29 is 37.6 Å². The maximum atomic E-state index is 14.9. The van der Waals surface area contributed by atoms with E-state index in [0.717, 1.165) is 12.8 Å². The van der Waals surface area contributed by atoms with Gasteiger partial charge in [-0.3, -0.25) is 4.79 Å². The van der Waals surface area contributed by atoms with E-state index in [1.165, 1.54) is 26.2 Å². The lowest BCUT2D eigenvalue weighted by Gasteiger charge is -2.64. The Labute approximate surface area is 230 Å². The second-order valence-electron chi connectivity index (χ2n) is 13.0. The zero-order chi connectivity index (χ0) is 28.9. The van der Waals surface area contributed by atoms with Crippen molar-refractivity contribution in [2.45, 2.75) is 104 Å². The van der Waals surface area contributed by atoms with Crippen molar-refractivity contribution in [2.75, 3.05) is 7.11 Å². The summed E-state index contributed by atoms with van der Waals surface area (Å²) in [7, 11) is 0.594. The molecule has 5 atom stereocenters. The third-order valence-corrected chi connectivity index (χ3v) is 8.78. The number of amides is 1. The first-order chi connectivity index (χ1) is 18.1. The summed E-state index contributed by atoms with van der Waals surface area (Å²) in [5.41, 5.74) is -0.994. The number of benzene rings is 1. The van der Waals surface area contributed by atoms with E-state index >= 15 is 0 Å². The number of nitrogens with one attached hydrogen (secondary N) is 1. The summed E-state index contributed by atoms with van der Waals surface area (Å²) < 4.78 is 38.9. The van der Waals surface area contributed by atoms with E-state index in [-0.39, 0.29) is 53.8 Å². The molecule has 0 spiro atoms. The van der Waals surface area contributed by atoms with Crippen LogP contribution >= 0.6 is 0 Å². The number of methoxy groups -OCH3 is 1. The molecule has 1 saturated heterocycles. The van der Waals surface area contributed by atoms with Crippen molar-refractivity contribution >= 4 is 24.8 Å². The molecule has 10 heteroatoms. The van der Waals surface area contributed by atoms with Gasteiger partial charge < -0.3 is 28.9 Å². The number of hydrogen-bond acceptors (Lipinski definition) is 7. The lowest BCUT2D eigenvalue weighted by Crippen LogP contribution is -2.65. The van der Waals surface area contributed by atoms with E-state index in [0.29, 0.717) is 17.4 Å². The molecule has 1 heterocycles. The number of carbonyl (C=O) groups is 3. The molecule has 1 amide bonds. The number of hydrogen-bond donors (Lipinski definition) is 1. The van der Waals surface area contributed by atoms with Crippen LogP contribution < -0.4 is 10.1 Å². The van der Waals surface area contributed by atoms with Crippen molar-refractivity contribution in [1.29, 1.82) is 0 Å². The average Bonchev–Trinajstić information content (AvgIpc) is 3.18. The largest absolute Gasteiger partial charge is 0.495 e. The molecule has 5 unspecified atom stereocenters. The first-order valence-corrected chi connectivity index (χ1v) is 13.8. The highest BCUT2D eigenvalue weighted by Crippen LogP contribution is 2.65. The van der Waals surface area contributed by atoms with Crippen LogP contribution in [0.25, 0.3) is 0 Å². The number of ether oxygens (including phenoxy) is 2. The lowest BCUT2D eigenvalue weighted by atomic mass is 9.43. The molecular formula is C29H41BFNO7. The second-order valence-corrected chi connectivity index (χ2v) is 13.0. The minimum Gasteiger partial charge on any atom is -0.495 e. The molecule has 1 N–H and O–H groups in total. The van der Waals surface area contributed by atoms with E-state index in [1.807, 2.05) is 0 Å². The van der Waals surface area contributed by atoms with Crippen LogP contribution in [0.5, 0.6) is 5.75 Å². The van der Waals surface area contributed by atoms with Gasteiger partial charge in [-0.05, 0) is 82.8 Å². The van der Waals surface area contributed by atoms with Gasteiger partial charge in [0.15, 0.2) is 0 Å². The molecule has 39 heavy (non-hydrogen) atoms. The van der Waals surface area contributed by atoms with Gasteiger partial charge in [-0.1, -0.05) is 19.9 Å². The zero-order valence-electron chi connectivity index (χ0n) is 24.3. The predicted molar refractivity (Wildman–Crippen MR) is 144 cm³/mol. The van der Waals surface area contributed by atoms with Crippen LogP contribution in [0.15, 0.2) is 12.1 Å². The van der Waals surface area contributed by atoms with Gasteiger partial charge >= 0.3 is 13.1 Å². The van der Waals surface area contributed by atoms with Crippen LogP contribution in [-0.4, -0.2) is 55.1 Å². The Morgan fingerprint density at radius 3 is 2.46 bits per heavy atom. The Kier molecular flexibility index (Phi) is 7.95. The van der Waals surface area contributed by atoms with Gasteiger partial charge in [0.1, 0.15) is 28.5 Å². The van der Waals surface area contributed by atoms with Crippen molar-refractivity contribution in [1.82, 2.24) is 5.32 Å². The maximum Gasteiger partial charge on any atom is 0.482 e. The Morgan fingerprint density at radius 1 is 1.18 bits per heavy atom. The van der Waals surface area contributed by atoms with Gasteiger partial charge in [0.2, 0.25) is 5.91 Å². The molecule has 3 aliphatic carbocycles. The van der Waals surface area contributed by atoms with Crippen LogP contribution in [0.1, 0.15) is 90.1 Å². The predicted octanol–water partition coefficient (Wildman–Crippen LogP) is 4.45. The van der Waals surface area contributed by atoms with Gasteiger partial charge in [0.05, 0.1) is 24.8 Å². The molecule has 0 radical (unpaired) electrons. The van der Waals surface area contributed by atoms with E-state index in [1.54, 1.807) is 20.8 Å². The highest BCUT2D eigenvalue weighted by molar-refractivity contribution is 6.48. The zero-order valence-corrected chi connectivity index (χ0v) is 24.3. The molecule has 4 aliphatic rings. The van der Waals surface area contributed by atoms with Crippen LogP contribution in [0.3, 0.4) is 0 Å². The first kappa shape index (κ1) is 29.5. The molecule has 214 valence electrons. The Bertz CT molecular complexity index is 1150. The number of carbonyl (C=O) groups excluding carboxylic acids is 3. The van der Waals surface area contributed by atoms with Crippen molar-refractivity contribution in [3.63, 3.8) is 0 Å². The number of ketones is 1. The molecule has 1 aromatic rings. The van der Waals surface area contributed by atoms with Crippen LogP contribution in [0.2, 0.25) is 0 Å². The van der Waals surface area contributed by atoms with E-state index in [9.17, 15) is 18.8 Å². The third-order valence-electron chi connectivity index (χ3n) is 8.78. The molecule has 2 bridgehead atoms. The fraction of sp³-hybridized carbons (Fsp3) is 0.690. The fourth-order valence-corrected chi connectivity index (χ4v) is 6.61. The van der Waals surface area contributed by atoms with Crippen LogP contribution in [0.4, 0.5) is 4.39 Å². The smallest absolute Gasteiger partial charge is 0.482 e. The average molecular weight is 545 g/mol. The summed E-state index contributed by atoms with van der Waals surface area (Å²) in [6.07, 6.45) is 2.15. The molecular weight excluding hydrogens is 504 g/mol. The van der Waals surface area contributed by atoms with Crippen molar-refractivity contribution in [3.8, 4) is 5.75 Å². The topological polar surface area (TPSA) is 100 Å². The molecule has 3 saturated carbocycles. The molecule has 5 rings (SSSR count). The minimum atomic E-state index is -0.838.